The predicted octanol–water partition coefficient (Wildman–Crippen LogP) is 5.87. The molecule has 0 amide bonds. The summed E-state index contributed by atoms with van der Waals surface area (Å²) < 4.78 is 47.3. The van der Waals surface area contributed by atoms with Crippen LogP contribution < -0.4 is 20.1 Å². The SMILES string of the molecule is CC[C@@H](C)Nc1nc(NCc2ccccc2OC)cc(-c2cccc(OC(F)(F)F)c2)n1. The van der Waals surface area contributed by atoms with E-state index in [1.165, 1.54) is 18.2 Å². The van der Waals surface area contributed by atoms with Gasteiger partial charge in [-0.3, -0.25) is 0 Å². The van der Waals surface area contributed by atoms with E-state index in [-0.39, 0.29) is 11.8 Å². The van der Waals surface area contributed by atoms with Gasteiger partial charge in [0.25, 0.3) is 0 Å². The van der Waals surface area contributed by atoms with E-state index in [9.17, 15) is 13.2 Å². The normalized spacial score (nSPS) is 12.2. The van der Waals surface area contributed by atoms with Crippen LogP contribution in [0.4, 0.5) is 24.9 Å². The van der Waals surface area contributed by atoms with Crippen LogP contribution in [0, 0.1) is 0 Å². The number of hydrogen-bond donors (Lipinski definition) is 2. The highest BCUT2D eigenvalue weighted by molar-refractivity contribution is 5.66. The number of methoxy groups -OCH3 is 1. The van der Waals surface area contributed by atoms with Crippen LogP contribution in [0.2, 0.25) is 0 Å². The summed E-state index contributed by atoms with van der Waals surface area (Å²) in [6.07, 6.45) is -3.92. The summed E-state index contributed by atoms with van der Waals surface area (Å²) in [5.41, 5.74) is 1.87. The van der Waals surface area contributed by atoms with Crippen LogP contribution >= 0.6 is 0 Å². The maximum Gasteiger partial charge on any atom is 0.573 e. The highest BCUT2D eigenvalue weighted by Gasteiger charge is 2.31. The molecule has 0 aliphatic carbocycles. The number of hydrogen-bond acceptors (Lipinski definition) is 6. The third-order valence-corrected chi connectivity index (χ3v) is 4.73. The first kappa shape index (κ1) is 23.2. The molecule has 2 N–H and O–H groups in total. The average Bonchev–Trinajstić information content (AvgIpc) is 2.76. The Hall–Kier alpha value is -3.49. The second-order valence-corrected chi connectivity index (χ2v) is 7.16. The van der Waals surface area contributed by atoms with Crippen molar-refractivity contribution < 1.29 is 22.6 Å². The van der Waals surface area contributed by atoms with E-state index in [1.807, 2.05) is 38.1 Å². The van der Waals surface area contributed by atoms with Crippen molar-refractivity contribution in [1.82, 2.24) is 9.97 Å². The minimum atomic E-state index is -4.77. The summed E-state index contributed by atoms with van der Waals surface area (Å²) in [7, 11) is 1.60. The molecule has 0 saturated heterocycles. The van der Waals surface area contributed by atoms with Crippen LogP contribution in [-0.2, 0) is 6.54 Å². The number of rotatable bonds is 9. The van der Waals surface area contributed by atoms with Crippen molar-refractivity contribution in [2.45, 2.75) is 39.2 Å². The molecule has 3 rings (SSSR count). The molecular formula is C23H25F3N4O2. The monoisotopic (exact) mass is 446 g/mol. The molecule has 2 aromatic carbocycles. The van der Waals surface area contributed by atoms with E-state index in [0.29, 0.717) is 29.6 Å². The lowest BCUT2D eigenvalue weighted by Crippen LogP contribution is -2.17. The van der Waals surface area contributed by atoms with Gasteiger partial charge in [0, 0.05) is 29.8 Å². The van der Waals surface area contributed by atoms with E-state index in [2.05, 4.69) is 25.3 Å². The number of alkyl halides is 3. The molecule has 0 saturated carbocycles. The number of ether oxygens (including phenoxy) is 2. The van der Waals surface area contributed by atoms with Crippen LogP contribution in [0.25, 0.3) is 11.3 Å². The number of nitrogens with one attached hydrogen (secondary N) is 2. The van der Waals surface area contributed by atoms with Crippen LogP contribution in [0.5, 0.6) is 11.5 Å². The summed E-state index contributed by atoms with van der Waals surface area (Å²) in [6.45, 7) is 4.47. The minimum absolute atomic E-state index is 0.118. The Kier molecular flexibility index (Phi) is 7.40. The molecule has 1 heterocycles. The van der Waals surface area contributed by atoms with Gasteiger partial charge in [0.15, 0.2) is 0 Å². The van der Waals surface area contributed by atoms with Gasteiger partial charge in [0.2, 0.25) is 5.95 Å². The zero-order valence-corrected chi connectivity index (χ0v) is 18.0. The topological polar surface area (TPSA) is 68.3 Å². The third kappa shape index (κ3) is 6.50. The first-order valence-electron chi connectivity index (χ1n) is 10.1. The molecule has 170 valence electrons. The Morgan fingerprint density at radius 3 is 2.53 bits per heavy atom. The lowest BCUT2D eigenvalue weighted by molar-refractivity contribution is -0.274. The van der Waals surface area contributed by atoms with Crippen molar-refractivity contribution in [1.29, 1.82) is 0 Å². The molecule has 9 heteroatoms. The van der Waals surface area contributed by atoms with Crippen LogP contribution in [0.1, 0.15) is 25.8 Å². The van der Waals surface area contributed by atoms with E-state index < -0.39 is 6.36 Å². The van der Waals surface area contributed by atoms with Gasteiger partial charge < -0.3 is 20.1 Å². The Balaban J connectivity index is 1.92. The molecule has 3 aromatic rings. The van der Waals surface area contributed by atoms with Gasteiger partial charge >= 0.3 is 6.36 Å². The van der Waals surface area contributed by atoms with Gasteiger partial charge in [-0.1, -0.05) is 37.3 Å². The molecule has 1 aromatic heterocycles. The van der Waals surface area contributed by atoms with Gasteiger partial charge in [-0.15, -0.1) is 13.2 Å². The molecule has 0 radical (unpaired) electrons. The highest BCUT2D eigenvalue weighted by atomic mass is 19.4. The smallest absolute Gasteiger partial charge is 0.496 e. The molecule has 0 bridgehead atoms. The van der Waals surface area contributed by atoms with Crippen molar-refractivity contribution in [2.75, 3.05) is 17.7 Å². The largest absolute Gasteiger partial charge is 0.573 e. The van der Waals surface area contributed by atoms with Crippen molar-refractivity contribution in [3.05, 3.63) is 60.2 Å². The second kappa shape index (κ2) is 10.2. The van der Waals surface area contributed by atoms with Crippen LogP contribution in [0.3, 0.4) is 0 Å². The summed E-state index contributed by atoms with van der Waals surface area (Å²) in [4.78, 5) is 9.01. The Morgan fingerprint density at radius 2 is 1.81 bits per heavy atom. The molecule has 0 spiro atoms. The Labute approximate surface area is 184 Å². The molecule has 0 fully saturated rings. The number of nitrogens with zero attached hydrogens (tertiary/aromatic N) is 2. The van der Waals surface area contributed by atoms with E-state index in [0.717, 1.165) is 17.7 Å². The van der Waals surface area contributed by atoms with E-state index in [4.69, 9.17) is 4.74 Å². The fourth-order valence-corrected chi connectivity index (χ4v) is 2.96. The lowest BCUT2D eigenvalue weighted by Gasteiger charge is -2.16. The molecule has 6 nitrogen and oxygen atoms in total. The molecule has 32 heavy (non-hydrogen) atoms. The maximum absolute atomic E-state index is 12.6. The quantitative estimate of drug-likeness (QED) is 0.428. The number of halogens is 3. The summed E-state index contributed by atoms with van der Waals surface area (Å²) in [6, 6.07) is 15.1. The zero-order chi connectivity index (χ0) is 23.1. The van der Waals surface area contributed by atoms with Gasteiger partial charge in [-0.25, -0.2) is 4.98 Å². The van der Waals surface area contributed by atoms with Gasteiger partial charge in [0.1, 0.15) is 17.3 Å². The number of anilines is 2. The van der Waals surface area contributed by atoms with Crippen molar-refractivity contribution in [2.24, 2.45) is 0 Å². The van der Waals surface area contributed by atoms with Crippen LogP contribution in [0.15, 0.2) is 54.6 Å². The molecule has 0 unspecified atom stereocenters. The fourth-order valence-electron chi connectivity index (χ4n) is 2.96. The Morgan fingerprint density at radius 1 is 1.03 bits per heavy atom. The fraction of sp³-hybridized carbons (Fsp3) is 0.304. The molecule has 0 aliphatic heterocycles. The average molecular weight is 446 g/mol. The van der Waals surface area contributed by atoms with E-state index >= 15 is 0 Å². The van der Waals surface area contributed by atoms with Crippen LogP contribution in [-0.4, -0.2) is 29.5 Å². The molecular weight excluding hydrogens is 421 g/mol. The highest BCUT2D eigenvalue weighted by Crippen LogP contribution is 2.29. The van der Waals surface area contributed by atoms with Crippen molar-refractivity contribution in [3.63, 3.8) is 0 Å². The first-order valence-corrected chi connectivity index (χ1v) is 10.1. The summed E-state index contributed by atoms with van der Waals surface area (Å²) in [5.74, 6) is 1.33. The second-order valence-electron chi connectivity index (χ2n) is 7.16. The van der Waals surface area contributed by atoms with Crippen molar-refractivity contribution >= 4 is 11.8 Å². The third-order valence-electron chi connectivity index (χ3n) is 4.73. The summed E-state index contributed by atoms with van der Waals surface area (Å²) >= 11 is 0. The minimum Gasteiger partial charge on any atom is -0.496 e. The Bertz CT molecular complexity index is 1040. The summed E-state index contributed by atoms with van der Waals surface area (Å²) in [5, 5.41) is 6.47. The first-order chi connectivity index (χ1) is 15.3. The van der Waals surface area contributed by atoms with E-state index in [1.54, 1.807) is 19.2 Å². The number of benzene rings is 2. The predicted molar refractivity (Wildman–Crippen MR) is 118 cm³/mol. The molecule has 1 atom stereocenters. The maximum atomic E-state index is 12.6. The zero-order valence-electron chi connectivity index (χ0n) is 18.0. The standard InChI is InChI=1S/C23H25F3N4O2/c1-4-15(2)28-22-29-19(16-9-7-10-18(12-16)32-23(24,25)26)13-21(30-22)27-14-17-8-5-6-11-20(17)31-3/h5-13,15H,4,14H2,1-3H3,(H2,27,28,29,30)/t15-/m1/s1. The molecule has 0 aliphatic rings. The van der Waals surface area contributed by atoms with Gasteiger partial charge in [-0.05, 0) is 31.5 Å². The van der Waals surface area contributed by atoms with Crippen molar-refractivity contribution in [3.8, 4) is 22.8 Å². The van der Waals surface area contributed by atoms with Gasteiger partial charge in [-0.2, -0.15) is 4.98 Å². The number of para-hydroxylation sites is 1. The van der Waals surface area contributed by atoms with Gasteiger partial charge in [0.05, 0.1) is 12.8 Å². The number of aromatic nitrogens is 2. The lowest BCUT2D eigenvalue weighted by atomic mass is 10.1.